The number of morpholine rings is 1. The largest absolute Gasteiger partial charge is 0.434 e. The Hall–Kier alpha value is -2.17. The van der Waals surface area contributed by atoms with Crippen molar-refractivity contribution in [1.29, 1.82) is 0 Å². The molecule has 0 bridgehead atoms. The zero-order valence-electron chi connectivity index (χ0n) is 17.0. The molecule has 0 radical (unpaired) electrons. The van der Waals surface area contributed by atoms with Crippen molar-refractivity contribution in [1.82, 2.24) is 20.5 Å². The highest BCUT2D eigenvalue weighted by molar-refractivity contribution is 7.09. The van der Waals surface area contributed by atoms with E-state index in [-0.39, 0.29) is 12.6 Å². The van der Waals surface area contributed by atoms with E-state index in [0.29, 0.717) is 30.7 Å². The van der Waals surface area contributed by atoms with Gasteiger partial charge in [-0.1, -0.05) is 29.8 Å². The molecule has 1 aliphatic heterocycles. The lowest BCUT2D eigenvalue weighted by Crippen LogP contribution is -2.46. The van der Waals surface area contributed by atoms with Crippen molar-refractivity contribution in [2.75, 3.05) is 39.9 Å². The van der Waals surface area contributed by atoms with Gasteiger partial charge >= 0.3 is 6.18 Å². The van der Waals surface area contributed by atoms with Crippen LogP contribution >= 0.6 is 11.3 Å². The Kier molecular flexibility index (Phi) is 7.68. The van der Waals surface area contributed by atoms with Crippen LogP contribution in [0.25, 0.3) is 0 Å². The van der Waals surface area contributed by atoms with Gasteiger partial charge in [-0.2, -0.15) is 13.2 Å². The number of aryl methyl sites for hydroxylation is 1. The second-order valence-corrected chi connectivity index (χ2v) is 7.95. The lowest BCUT2D eigenvalue weighted by atomic mass is 10.0. The molecule has 0 aliphatic carbocycles. The Morgan fingerprint density at radius 1 is 1.30 bits per heavy atom. The van der Waals surface area contributed by atoms with Crippen molar-refractivity contribution < 1.29 is 17.9 Å². The minimum Gasteiger partial charge on any atom is -0.379 e. The van der Waals surface area contributed by atoms with E-state index in [0.717, 1.165) is 29.8 Å². The molecule has 2 heterocycles. The van der Waals surface area contributed by atoms with Crippen LogP contribution in [0.3, 0.4) is 0 Å². The number of thiazole rings is 1. The molecule has 164 valence electrons. The standard InChI is InChI=1S/C20H26F3N5OS/c1-14-4-3-5-15(10-14)16(28-6-8-29-9-7-28)11-25-19(24-2)26-12-18-27-17(13-30-18)20(21,22)23/h3-5,10,13,16H,6-9,11-12H2,1-2H3,(H2,24,25,26). The van der Waals surface area contributed by atoms with Crippen LogP contribution in [0.2, 0.25) is 0 Å². The van der Waals surface area contributed by atoms with Gasteiger partial charge in [-0.05, 0) is 12.5 Å². The third-order valence-corrected chi connectivity index (χ3v) is 5.70. The fraction of sp³-hybridized carbons (Fsp3) is 0.500. The lowest BCUT2D eigenvalue weighted by molar-refractivity contribution is -0.140. The predicted octanol–water partition coefficient (Wildman–Crippen LogP) is 3.21. The molecule has 1 fully saturated rings. The van der Waals surface area contributed by atoms with E-state index in [2.05, 4.69) is 50.6 Å². The topological polar surface area (TPSA) is 61.8 Å². The molecule has 3 rings (SSSR count). The summed E-state index contributed by atoms with van der Waals surface area (Å²) in [5.74, 6) is 0.518. The van der Waals surface area contributed by atoms with Gasteiger partial charge in [0.15, 0.2) is 11.7 Å². The second kappa shape index (κ2) is 10.2. The van der Waals surface area contributed by atoms with Crippen LogP contribution in [0.5, 0.6) is 0 Å². The van der Waals surface area contributed by atoms with Crippen molar-refractivity contribution >= 4 is 17.3 Å². The van der Waals surface area contributed by atoms with Crippen LogP contribution < -0.4 is 10.6 Å². The Morgan fingerprint density at radius 3 is 2.70 bits per heavy atom. The third-order valence-electron chi connectivity index (χ3n) is 4.85. The van der Waals surface area contributed by atoms with Gasteiger partial charge in [0.05, 0.1) is 25.8 Å². The maximum Gasteiger partial charge on any atom is 0.434 e. The SMILES string of the molecule is CN=C(NCc1nc(C(F)(F)F)cs1)NCC(c1cccc(C)c1)N1CCOCC1. The Bertz CT molecular complexity index is 849. The van der Waals surface area contributed by atoms with E-state index in [4.69, 9.17) is 4.74 Å². The third kappa shape index (κ3) is 6.16. The van der Waals surface area contributed by atoms with Gasteiger partial charge in [0.1, 0.15) is 5.01 Å². The number of nitrogens with zero attached hydrogens (tertiary/aromatic N) is 3. The van der Waals surface area contributed by atoms with Crippen LogP contribution in [-0.4, -0.2) is 55.7 Å². The monoisotopic (exact) mass is 441 g/mol. The summed E-state index contributed by atoms with van der Waals surface area (Å²) >= 11 is 0.976. The Morgan fingerprint density at radius 2 is 2.07 bits per heavy atom. The molecule has 1 aromatic heterocycles. The quantitative estimate of drug-likeness (QED) is 0.533. The molecule has 0 spiro atoms. The number of hydrogen-bond acceptors (Lipinski definition) is 5. The summed E-state index contributed by atoms with van der Waals surface area (Å²) in [5, 5.41) is 7.73. The molecule has 2 aromatic rings. The van der Waals surface area contributed by atoms with Crippen LogP contribution in [0, 0.1) is 6.92 Å². The average Bonchev–Trinajstić information content (AvgIpc) is 3.21. The number of hydrogen-bond donors (Lipinski definition) is 2. The highest BCUT2D eigenvalue weighted by atomic mass is 32.1. The Labute approximate surface area is 178 Å². The Balaban J connectivity index is 1.62. The number of nitrogens with one attached hydrogen (secondary N) is 2. The molecule has 0 saturated carbocycles. The summed E-state index contributed by atoms with van der Waals surface area (Å²) in [5.41, 5.74) is 1.53. The minimum atomic E-state index is -4.42. The number of benzene rings is 1. The number of halogens is 3. The highest BCUT2D eigenvalue weighted by Gasteiger charge is 2.33. The van der Waals surface area contributed by atoms with E-state index < -0.39 is 11.9 Å². The lowest BCUT2D eigenvalue weighted by Gasteiger charge is -2.35. The molecule has 10 heteroatoms. The molecule has 0 amide bonds. The van der Waals surface area contributed by atoms with Crippen molar-refractivity contribution in [3.05, 3.63) is 51.5 Å². The van der Waals surface area contributed by atoms with Crippen molar-refractivity contribution in [2.24, 2.45) is 4.99 Å². The fourth-order valence-corrected chi connectivity index (χ4v) is 4.06. The van der Waals surface area contributed by atoms with E-state index >= 15 is 0 Å². The van der Waals surface area contributed by atoms with Gasteiger partial charge in [-0.15, -0.1) is 11.3 Å². The molecule has 6 nitrogen and oxygen atoms in total. The predicted molar refractivity (Wildman–Crippen MR) is 112 cm³/mol. The zero-order chi connectivity index (χ0) is 21.6. The molecule has 1 unspecified atom stereocenters. The van der Waals surface area contributed by atoms with Gasteiger partial charge in [-0.25, -0.2) is 4.98 Å². The van der Waals surface area contributed by atoms with Gasteiger partial charge in [0.25, 0.3) is 0 Å². The maximum atomic E-state index is 12.7. The van der Waals surface area contributed by atoms with Gasteiger partial charge in [0, 0.05) is 32.1 Å². The molecule has 1 aromatic carbocycles. The van der Waals surface area contributed by atoms with Crippen LogP contribution in [0.4, 0.5) is 13.2 Å². The first kappa shape index (κ1) is 22.5. The summed E-state index contributed by atoms with van der Waals surface area (Å²) < 4.78 is 43.6. The average molecular weight is 442 g/mol. The van der Waals surface area contributed by atoms with E-state index in [1.165, 1.54) is 11.1 Å². The first-order valence-electron chi connectivity index (χ1n) is 9.71. The highest BCUT2D eigenvalue weighted by Crippen LogP contribution is 2.30. The van der Waals surface area contributed by atoms with Crippen LogP contribution in [-0.2, 0) is 17.5 Å². The van der Waals surface area contributed by atoms with Crippen molar-refractivity contribution in [2.45, 2.75) is 25.7 Å². The number of ether oxygens (including phenoxy) is 1. The summed E-state index contributed by atoms with van der Waals surface area (Å²) in [7, 11) is 1.63. The van der Waals surface area contributed by atoms with Crippen molar-refractivity contribution in [3.63, 3.8) is 0 Å². The van der Waals surface area contributed by atoms with E-state index in [1.807, 2.05) is 6.07 Å². The molecular weight excluding hydrogens is 415 g/mol. The molecule has 30 heavy (non-hydrogen) atoms. The number of alkyl halides is 3. The first-order chi connectivity index (χ1) is 14.4. The smallest absolute Gasteiger partial charge is 0.379 e. The van der Waals surface area contributed by atoms with Gasteiger partial charge in [0.2, 0.25) is 0 Å². The summed E-state index contributed by atoms with van der Waals surface area (Å²) in [4.78, 5) is 10.2. The number of guanidine groups is 1. The molecule has 2 N–H and O–H groups in total. The second-order valence-electron chi connectivity index (χ2n) is 7.01. The molecular formula is C20H26F3N5OS. The van der Waals surface area contributed by atoms with E-state index in [9.17, 15) is 13.2 Å². The number of rotatable bonds is 6. The molecule has 1 saturated heterocycles. The van der Waals surface area contributed by atoms with Crippen LogP contribution in [0.15, 0.2) is 34.6 Å². The normalized spacial score (nSPS) is 17.0. The molecule has 1 atom stereocenters. The minimum absolute atomic E-state index is 0.129. The number of aliphatic imine (C=N–C) groups is 1. The van der Waals surface area contributed by atoms with Gasteiger partial charge < -0.3 is 15.4 Å². The van der Waals surface area contributed by atoms with Gasteiger partial charge in [-0.3, -0.25) is 9.89 Å². The maximum absolute atomic E-state index is 12.7. The summed E-state index contributed by atoms with van der Waals surface area (Å²) in [6.45, 7) is 5.91. The first-order valence-corrected chi connectivity index (χ1v) is 10.6. The van der Waals surface area contributed by atoms with E-state index in [1.54, 1.807) is 7.05 Å². The summed E-state index contributed by atoms with van der Waals surface area (Å²) in [6, 6.07) is 8.53. The van der Waals surface area contributed by atoms with Crippen LogP contribution in [0.1, 0.15) is 27.9 Å². The zero-order valence-corrected chi connectivity index (χ0v) is 17.8. The number of aromatic nitrogens is 1. The summed E-state index contributed by atoms with van der Waals surface area (Å²) in [6.07, 6.45) is -4.42. The molecule has 1 aliphatic rings. The fourth-order valence-electron chi connectivity index (χ4n) is 3.32. The van der Waals surface area contributed by atoms with Crippen molar-refractivity contribution in [3.8, 4) is 0 Å².